The van der Waals surface area contributed by atoms with Crippen molar-refractivity contribution in [3.63, 3.8) is 0 Å². The maximum Gasteiger partial charge on any atom is 0.431 e. The summed E-state index contributed by atoms with van der Waals surface area (Å²) in [7, 11) is 0.959. The highest BCUT2D eigenvalue weighted by Gasteiger charge is 2.35. The van der Waals surface area contributed by atoms with E-state index in [1.54, 1.807) is 0 Å². The largest absolute Gasteiger partial charge is 0.431 e. The van der Waals surface area contributed by atoms with Crippen molar-refractivity contribution in [1.82, 2.24) is 9.13 Å². The van der Waals surface area contributed by atoms with Crippen molar-refractivity contribution in [2.24, 2.45) is 13.0 Å². The van der Waals surface area contributed by atoms with Crippen molar-refractivity contribution in [3.05, 3.63) is 49.8 Å². The molecule has 1 aromatic heterocycles. The lowest BCUT2D eigenvalue weighted by Gasteiger charge is -2.22. The third-order valence-electron chi connectivity index (χ3n) is 3.78. The van der Waals surface area contributed by atoms with Crippen LogP contribution in [0.25, 0.3) is 5.70 Å². The molecule has 24 heavy (non-hydrogen) atoms. The third kappa shape index (κ3) is 3.46. The highest BCUT2D eigenvalue weighted by Crippen LogP contribution is 2.33. The zero-order valence-electron chi connectivity index (χ0n) is 12.6. The molecule has 1 unspecified atom stereocenters. The number of nitriles is 1. The van der Waals surface area contributed by atoms with Crippen LogP contribution in [0.5, 0.6) is 0 Å². The van der Waals surface area contributed by atoms with Crippen LogP contribution in [0.3, 0.4) is 0 Å². The van der Waals surface area contributed by atoms with E-state index in [0.29, 0.717) is 26.7 Å². The average molecular weight is 360 g/mol. The van der Waals surface area contributed by atoms with Gasteiger partial charge in [0.05, 0.1) is 6.07 Å². The fraction of sp³-hybridized carbons (Fsp3) is 0.400. The minimum absolute atomic E-state index is 0.192. The van der Waals surface area contributed by atoms with E-state index in [0.717, 1.165) is 7.05 Å². The first-order chi connectivity index (χ1) is 11.2. The number of hydrogen-bond acceptors (Lipinski definition) is 3. The fourth-order valence-corrected chi connectivity index (χ4v) is 2.79. The lowest BCUT2D eigenvalue weighted by atomic mass is 9.93. The molecule has 1 heterocycles. The molecule has 1 aliphatic rings. The number of rotatable bonds is 3. The Balaban J connectivity index is 2.52. The molecule has 1 aromatic rings. The molecule has 9 heteroatoms. The molecule has 0 aromatic carbocycles. The SMILES string of the molecule is Cn1c(C(F)(F)F)cc(=O)n(C2=CC=C(Cl)C(CCC#N)C2)c1=O. The van der Waals surface area contributed by atoms with E-state index in [1.165, 1.54) is 12.2 Å². The highest BCUT2D eigenvalue weighted by atomic mass is 35.5. The summed E-state index contributed by atoms with van der Waals surface area (Å²) in [6, 6.07) is 2.38. The molecule has 0 radical (unpaired) electrons. The number of aromatic nitrogens is 2. The molecule has 0 fully saturated rings. The topological polar surface area (TPSA) is 67.8 Å². The summed E-state index contributed by atoms with van der Waals surface area (Å²) >= 11 is 6.05. The van der Waals surface area contributed by atoms with E-state index in [2.05, 4.69) is 0 Å². The van der Waals surface area contributed by atoms with Gasteiger partial charge in [-0.3, -0.25) is 9.36 Å². The number of halogens is 4. The van der Waals surface area contributed by atoms with Gasteiger partial charge in [-0.25, -0.2) is 9.36 Å². The van der Waals surface area contributed by atoms with Gasteiger partial charge in [0.15, 0.2) is 0 Å². The second-order valence-corrected chi connectivity index (χ2v) is 5.79. The Labute approximate surface area is 139 Å². The first-order valence-corrected chi connectivity index (χ1v) is 7.38. The minimum Gasteiger partial charge on any atom is -0.292 e. The zero-order chi connectivity index (χ0) is 18.1. The summed E-state index contributed by atoms with van der Waals surface area (Å²) < 4.78 is 39.7. The van der Waals surface area contributed by atoms with Gasteiger partial charge in [0.2, 0.25) is 0 Å². The molecule has 0 N–H and O–H groups in total. The summed E-state index contributed by atoms with van der Waals surface area (Å²) in [5.74, 6) is -0.259. The Hall–Kier alpha value is -2.27. The molecule has 0 amide bonds. The van der Waals surface area contributed by atoms with Crippen molar-refractivity contribution in [1.29, 1.82) is 5.26 Å². The molecule has 0 bridgehead atoms. The Bertz CT molecular complexity index is 872. The summed E-state index contributed by atoms with van der Waals surface area (Å²) in [6.45, 7) is 0. The molecule has 2 rings (SSSR count). The van der Waals surface area contributed by atoms with E-state index in [1.807, 2.05) is 6.07 Å². The van der Waals surface area contributed by atoms with Gasteiger partial charge in [-0.15, -0.1) is 0 Å². The summed E-state index contributed by atoms with van der Waals surface area (Å²) in [5.41, 5.74) is -3.19. The maximum absolute atomic E-state index is 12.9. The Kier molecular flexibility index (Phi) is 5.04. The Morgan fingerprint density at radius 3 is 2.62 bits per heavy atom. The van der Waals surface area contributed by atoms with Crippen molar-refractivity contribution in [2.45, 2.75) is 25.4 Å². The molecule has 0 saturated carbocycles. The predicted molar refractivity (Wildman–Crippen MR) is 82.1 cm³/mol. The second kappa shape index (κ2) is 6.69. The summed E-state index contributed by atoms with van der Waals surface area (Å²) in [5, 5.41) is 9.13. The highest BCUT2D eigenvalue weighted by molar-refractivity contribution is 6.30. The van der Waals surface area contributed by atoms with Crippen LogP contribution in [-0.4, -0.2) is 9.13 Å². The Morgan fingerprint density at radius 2 is 2.04 bits per heavy atom. The summed E-state index contributed by atoms with van der Waals surface area (Å²) in [4.78, 5) is 24.3. The van der Waals surface area contributed by atoms with Gasteiger partial charge in [-0.2, -0.15) is 18.4 Å². The van der Waals surface area contributed by atoms with E-state index in [9.17, 15) is 22.8 Å². The molecule has 0 spiro atoms. The molecular weight excluding hydrogens is 347 g/mol. The van der Waals surface area contributed by atoms with Crippen LogP contribution in [0, 0.1) is 17.2 Å². The standard InChI is InChI=1S/C15H13ClF3N3O2/c1-21-12(15(17,18)19)8-13(23)22(14(21)24)10-4-5-11(16)9(7-10)3-2-6-20/h4-5,8-9H,2-3,7H2,1H3. The first-order valence-electron chi connectivity index (χ1n) is 7.00. The predicted octanol–water partition coefficient (Wildman–Crippen LogP) is 2.85. The smallest absolute Gasteiger partial charge is 0.292 e. The van der Waals surface area contributed by atoms with Gasteiger partial charge >= 0.3 is 11.9 Å². The molecular formula is C15H13ClF3N3O2. The van der Waals surface area contributed by atoms with Crippen LogP contribution in [0.4, 0.5) is 13.2 Å². The lowest BCUT2D eigenvalue weighted by Crippen LogP contribution is -2.41. The van der Waals surface area contributed by atoms with Crippen LogP contribution >= 0.6 is 11.6 Å². The molecule has 0 saturated heterocycles. The van der Waals surface area contributed by atoms with Crippen LogP contribution in [0.15, 0.2) is 32.8 Å². The van der Waals surface area contributed by atoms with Crippen LogP contribution in [0.1, 0.15) is 25.0 Å². The number of hydrogen-bond donors (Lipinski definition) is 0. The van der Waals surface area contributed by atoms with E-state index in [4.69, 9.17) is 16.9 Å². The van der Waals surface area contributed by atoms with Gasteiger partial charge < -0.3 is 0 Å². The van der Waals surface area contributed by atoms with Crippen molar-refractivity contribution < 1.29 is 13.2 Å². The lowest BCUT2D eigenvalue weighted by molar-refractivity contribution is -0.144. The van der Waals surface area contributed by atoms with Gasteiger partial charge in [-0.05, 0) is 25.0 Å². The van der Waals surface area contributed by atoms with E-state index in [-0.39, 0.29) is 24.5 Å². The van der Waals surface area contributed by atoms with Crippen LogP contribution in [0.2, 0.25) is 0 Å². The number of nitrogens with zero attached hydrogens (tertiary/aromatic N) is 3. The van der Waals surface area contributed by atoms with E-state index < -0.39 is 23.1 Å². The normalized spacial score (nSPS) is 17.9. The summed E-state index contributed by atoms with van der Waals surface area (Å²) in [6.07, 6.45) is -1.02. The van der Waals surface area contributed by atoms with Crippen molar-refractivity contribution in [3.8, 4) is 6.07 Å². The quantitative estimate of drug-likeness (QED) is 0.833. The minimum atomic E-state index is -4.80. The first kappa shape index (κ1) is 18.1. The molecule has 1 atom stereocenters. The van der Waals surface area contributed by atoms with Crippen molar-refractivity contribution in [2.75, 3.05) is 0 Å². The van der Waals surface area contributed by atoms with Crippen LogP contribution in [-0.2, 0) is 13.2 Å². The molecule has 5 nitrogen and oxygen atoms in total. The fourth-order valence-electron chi connectivity index (χ4n) is 2.54. The van der Waals surface area contributed by atoms with Crippen LogP contribution < -0.4 is 11.2 Å². The number of alkyl halides is 3. The van der Waals surface area contributed by atoms with Crippen molar-refractivity contribution >= 4 is 17.3 Å². The zero-order valence-corrected chi connectivity index (χ0v) is 13.4. The third-order valence-corrected chi connectivity index (χ3v) is 4.22. The molecule has 1 aliphatic carbocycles. The maximum atomic E-state index is 12.9. The molecule has 0 aliphatic heterocycles. The Morgan fingerprint density at radius 1 is 1.38 bits per heavy atom. The van der Waals surface area contributed by atoms with Gasteiger partial charge in [0, 0.05) is 36.2 Å². The number of allylic oxidation sites excluding steroid dienone is 4. The van der Waals surface area contributed by atoms with Gasteiger partial charge in [-0.1, -0.05) is 11.6 Å². The van der Waals surface area contributed by atoms with Gasteiger partial charge in [0.25, 0.3) is 5.56 Å². The van der Waals surface area contributed by atoms with E-state index >= 15 is 0 Å². The average Bonchev–Trinajstić information content (AvgIpc) is 2.50. The molecule has 128 valence electrons. The monoisotopic (exact) mass is 359 g/mol. The second-order valence-electron chi connectivity index (χ2n) is 5.35. The van der Waals surface area contributed by atoms with Gasteiger partial charge in [0.1, 0.15) is 5.69 Å².